The zero-order chi connectivity index (χ0) is 28.3. The summed E-state index contributed by atoms with van der Waals surface area (Å²) in [5.74, 6) is -3.53. The molecule has 15 nitrogen and oxygen atoms in total. The van der Waals surface area contributed by atoms with Crippen molar-refractivity contribution >= 4 is 29.6 Å². The number of aliphatic hydroxyl groups excluding tert-OH is 3. The molecule has 1 rings (SSSR count). The van der Waals surface area contributed by atoms with Crippen LogP contribution in [-0.2, 0) is 38.2 Å². The highest BCUT2D eigenvalue weighted by Crippen LogP contribution is 2.23. The average Bonchev–Trinajstić information content (AvgIpc) is 2.83. The Morgan fingerprint density at radius 1 is 1.08 bits per heavy atom. The van der Waals surface area contributed by atoms with Crippen molar-refractivity contribution in [1.82, 2.24) is 16.0 Å². The molecule has 0 bridgehead atoms. The molecular weight excluding hydrogens is 496 g/mol. The molecule has 8 N–H and O–H groups in total. The smallest absolute Gasteiger partial charge is 0.328 e. The molecule has 15 heteroatoms. The van der Waals surface area contributed by atoms with Gasteiger partial charge in [-0.05, 0) is 26.7 Å². The first-order valence-corrected chi connectivity index (χ1v) is 11.9. The molecule has 1 unspecified atom stereocenters. The molecule has 1 aliphatic rings. The number of carbonyl (C=O) groups excluding carboxylic acids is 5. The Morgan fingerprint density at radius 2 is 1.73 bits per heavy atom. The van der Waals surface area contributed by atoms with E-state index in [9.17, 15) is 39.3 Å². The molecule has 0 aromatic heterocycles. The van der Waals surface area contributed by atoms with E-state index in [4.69, 9.17) is 19.9 Å². The Bertz CT molecular complexity index is 811. The summed E-state index contributed by atoms with van der Waals surface area (Å²) in [5, 5.41) is 37.3. The highest BCUT2D eigenvalue weighted by atomic mass is 16.6. The molecular formula is C22H38N4O11. The van der Waals surface area contributed by atoms with Crippen LogP contribution in [0.2, 0.25) is 0 Å². The van der Waals surface area contributed by atoms with Crippen molar-refractivity contribution in [3.8, 4) is 0 Å². The van der Waals surface area contributed by atoms with Crippen molar-refractivity contribution in [2.24, 2.45) is 5.73 Å². The monoisotopic (exact) mass is 534 g/mol. The molecule has 37 heavy (non-hydrogen) atoms. The van der Waals surface area contributed by atoms with Crippen LogP contribution in [0.3, 0.4) is 0 Å². The van der Waals surface area contributed by atoms with E-state index in [1.807, 2.05) is 0 Å². The van der Waals surface area contributed by atoms with Crippen molar-refractivity contribution in [3.63, 3.8) is 0 Å². The fourth-order valence-electron chi connectivity index (χ4n) is 3.46. The van der Waals surface area contributed by atoms with Crippen LogP contribution < -0.4 is 21.7 Å². The van der Waals surface area contributed by atoms with Crippen molar-refractivity contribution in [1.29, 1.82) is 0 Å². The summed E-state index contributed by atoms with van der Waals surface area (Å²) in [7, 11) is 0. The van der Waals surface area contributed by atoms with Gasteiger partial charge in [-0.1, -0.05) is 6.92 Å². The molecule has 0 aromatic carbocycles. The predicted octanol–water partition coefficient (Wildman–Crippen LogP) is -3.46. The van der Waals surface area contributed by atoms with E-state index in [1.165, 1.54) is 20.8 Å². The average molecular weight is 535 g/mol. The van der Waals surface area contributed by atoms with E-state index in [1.54, 1.807) is 6.92 Å². The third-order valence-electron chi connectivity index (χ3n) is 5.45. The van der Waals surface area contributed by atoms with Gasteiger partial charge in [-0.25, -0.2) is 4.79 Å². The van der Waals surface area contributed by atoms with Crippen LogP contribution in [0, 0.1) is 0 Å². The quantitative estimate of drug-likeness (QED) is 0.108. The first-order valence-electron chi connectivity index (χ1n) is 11.9. The molecule has 0 aromatic rings. The molecule has 0 spiro atoms. The van der Waals surface area contributed by atoms with Crippen LogP contribution in [0.4, 0.5) is 0 Å². The van der Waals surface area contributed by atoms with Gasteiger partial charge in [0.1, 0.15) is 42.5 Å². The normalized spacial score (nSPS) is 25.8. The largest absolute Gasteiger partial charge is 0.464 e. The van der Waals surface area contributed by atoms with Gasteiger partial charge in [-0.3, -0.25) is 19.2 Å². The number of aliphatic hydroxyl groups is 3. The molecule has 0 radical (unpaired) electrons. The number of carbonyl (C=O) groups is 5. The summed E-state index contributed by atoms with van der Waals surface area (Å²) >= 11 is 0. The van der Waals surface area contributed by atoms with E-state index < -0.39 is 85.0 Å². The molecule has 4 amide bonds. The summed E-state index contributed by atoms with van der Waals surface area (Å²) in [6.07, 6.45) is -6.76. The summed E-state index contributed by atoms with van der Waals surface area (Å²) < 4.78 is 15.7. The first-order chi connectivity index (χ1) is 17.3. The van der Waals surface area contributed by atoms with E-state index >= 15 is 0 Å². The number of hydrogen-bond acceptors (Lipinski definition) is 11. The zero-order valence-electron chi connectivity index (χ0n) is 21.3. The molecule has 1 aliphatic heterocycles. The Labute approximate surface area is 214 Å². The van der Waals surface area contributed by atoms with Crippen LogP contribution in [0.1, 0.15) is 47.0 Å². The van der Waals surface area contributed by atoms with Gasteiger partial charge in [0.2, 0.25) is 23.6 Å². The lowest BCUT2D eigenvalue weighted by molar-refractivity contribution is -0.266. The molecule has 1 heterocycles. The van der Waals surface area contributed by atoms with Gasteiger partial charge < -0.3 is 51.2 Å². The van der Waals surface area contributed by atoms with Crippen LogP contribution in [0.5, 0.6) is 0 Å². The number of rotatable bonds is 14. The highest BCUT2D eigenvalue weighted by Gasteiger charge is 2.47. The molecule has 1 saturated heterocycles. The maximum Gasteiger partial charge on any atom is 0.328 e. The van der Waals surface area contributed by atoms with E-state index in [2.05, 4.69) is 16.0 Å². The van der Waals surface area contributed by atoms with E-state index in [0.717, 1.165) is 0 Å². The van der Waals surface area contributed by atoms with Gasteiger partial charge in [0, 0.05) is 13.3 Å². The standard InChI is InChI=1S/C22H38N4O11/c1-5-8-35-21(33)13(6-7-15(23)29)26-19(31)10(2)24-20(32)11(3)36-18-16(25-12(4)28)22(34)37-14(9-27)17(18)30/h10-11,13-14,16-18,22,27,30,34H,5-9H2,1-4H3,(H2,23,29)(H,24,32)(H,25,28)(H,26,31)/t10-,11?,13+,14+,16-,17+,18+,22-/m0/s1. The minimum Gasteiger partial charge on any atom is -0.464 e. The number of nitrogens with one attached hydrogen (secondary N) is 3. The Hall–Kier alpha value is -2.85. The lowest BCUT2D eigenvalue weighted by Crippen LogP contribution is -2.65. The lowest BCUT2D eigenvalue weighted by Gasteiger charge is -2.43. The highest BCUT2D eigenvalue weighted by molar-refractivity contribution is 5.91. The minimum absolute atomic E-state index is 0.0929. The number of primary amides is 1. The van der Waals surface area contributed by atoms with Gasteiger partial charge in [0.15, 0.2) is 6.29 Å². The maximum atomic E-state index is 12.7. The maximum absolute atomic E-state index is 12.7. The van der Waals surface area contributed by atoms with Crippen LogP contribution in [0.15, 0.2) is 0 Å². The second-order valence-electron chi connectivity index (χ2n) is 8.67. The third-order valence-corrected chi connectivity index (χ3v) is 5.45. The first kappa shape index (κ1) is 32.2. The van der Waals surface area contributed by atoms with Crippen molar-refractivity contribution in [2.45, 2.75) is 95.8 Å². The number of nitrogens with two attached hydrogens (primary N) is 1. The zero-order valence-corrected chi connectivity index (χ0v) is 21.3. The summed E-state index contributed by atoms with van der Waals surface area (Å²) in [5.41, 5.74) is 5.13. The van der Waals surface area contributed by atoms with Crippen molar-refractivity contribution in [2.75, 3.05) is 13.2 Å². The topological polar surface area (TPSA) is 236 Å². The second-order valence-corrected chi connectivity index (χ2v) is 8.67. The molecule has 212 valence electrons. The number of amides is 4. The lowest BCUT2D eigenvalue weighted by atomic mass is 9.96. The molecule has 8 atom stereocenters. The van der Waals surface area contributed by atoms with Gasteiger partial charge in [-0.2, -0.15) is 0 Å². The van der Waals surface area contributed by atoms with Crippen LogP contribution >= 0.6 is 0 Å². The van der Waals surface area contributed by atoms with Gasteiger partial charge in [0.25, 0.3) is 0 Å². The summed E-state index contributed by atoms with van der Waals surface area (Å²) in [6.45, 7) is 5.06. The van der Waals surface area contributed by atoms with Crippen LogP contribution in [0.25, 0.3) is 0 Å². The Balaban J connectivity index is 2.84. The minimum atomic E-state index is -1.64. The van der Waals surface area contributed by atoms with E-state index in [0.29, 0.717) is 6.42 Å². The molecule has 1 fully saturated rings. The van der Waals surface area contributed by atoms with E-state index in [-0.39, 0.29) is 19.4 Å². The number of ether oxygens (including phenoxy) is 3. The summed E-state index contributed by atoms with van der Waals surface area (Å²) in [6, 6.07) is -3.58. The Kier molecular flexibility index (Phi) is 13.4. The van der Waals surface area contributed by atoms with Gasteiger partial charge in [0.05, 0.1) is 13.2 Å². The second kappa shape index (κ2) is 15.4. The van der Waals surface area contributed by atoms with Crippen LogP contribution in [-0.4, -0.2) is 107 Å². The third kappa shape index (κ3) is 10.2. The summed E-state index contributed by atoms with van der Waals surface area (Å²) in [4.78, 5) is 60.2. The number of esters is 1. The van der Waals surface area contributed by atoms with Crippen molar-refractivity contribution < 1.29 is 53.5 Å². The molecule has 0 aliphatic carbocycles. The molecule has 0 saturated carbocycles. The van der Waals surface area contributed by atoms with Gasteiger partial charge >= 0.3 is 5.97 Å². The fraction of sp³-hybridized carbons (Fsp3) is 0.773. The Morgan fingerprint density at radius 3 is 2.27 bits per heavy atom. The SMILES string of the molecule is CCCOC(=O)[C@@H](CCC(N)=O)NC(=O)[C@H](C)NC(=O)C(C)O[C@H]1[C@H](O)[C@@H](CO)O[C@H](O)[C@H]1NC(C)=O. The number of hydrogen-bond donors (Lipinski definition) is 7. The predicted molar refractivity (Wildman–Crippen MR) is 125 cm³/mol. The fourth-order valence-corrected chi connectivity index (χ4v) is 3.46. The van der Waals surface area contributed by atoms with Gasteiger partial charge in [-0.15, -0.1) is 0 Å². The van der Waals surface area contributed by atoms with Crippen molar-refractivity contribution in [3.05, 3.63) is 0 Å².